The highest BCUT2D eigenvalue weighted by molar-refractivity contribution is 5.64. The van der Waals surface area contributed by atoms with Crippen LogP contribution in [0.4, 0.5) is 11.5 Å². The molecule has 0 aliphatic heterocycles. The van der Waals surface area contributed by atoms with E-state index in [4.69, 9.17) is 5.73 Å². The van der Waals surface area contributed by atoms with Gasteiger partial charge in [-0.2, -0.15) is 0 Å². The van der Waals surface area contributed by atoms with Crippen molar-refractivity contribution < 1.29 is 4.92 Å². The molecule has 2 aromatic rings. The Morgan fingerprint density at radius 2 is 2.38 bits per heavy atom. The topological polar surface area (TPSA) is 99.3 Å². The van der Waals surface area contributed by atoms with Gasteiger partial charge in [0, 0.05) is 0 Å². The molecule has 2 rings (SSSR count). The number of fused-ring (bicyclic) bond motifs is 1. The first kappa shape index (κ1) is 7.47. The zero-order valence-electron chi connectivity index (χ0n) is 6.41. The molecule has 2 aromatic heterocycles. The highest BCUT2D eigenvalue weighted by atomic mass is 16.6. The second kappa shape index (κ2) is 2.41. The fourth-order valence-electron chi connectivity index (χ4n) is 1.03. The first-order chi connectivity index (χ1) is 6.20. The van der Waals surface area contributed by atoms with Crippen LogP contribution in [0.1, 0.15) is 0 Å². The molecule has 0 amide bonds. The van der Waals surface area contributed by atoms with Crippen LogP contribution in [-0.2, 0) is 0 Å². The summed E-state index contributed by atoms with van der Waals surface area (Å²) >= 11 is 0. The van der Waals surface area contributed by atoms with E-state index in [1.165, 1.54) is 12.3 Å². The molecule has 0 radical (unpaired) electrons. The van der Waals surface area contributed by atoms with Crippen molar-refractivity contribution in [2.75, 3.05) is 5.73 Å². The van der Waals surface area contributed by atoms with Crippen molar-refractivity contribution in [2.45, 2.75) is 0 Å². The maximum atomic E-state index is 10.5. The van der Waals surface area contributed by atoms with Gasteiger partial charge in [-0.05, 0) is 11.0 Å². The van der Waals surface area contributed by atoms with E-state index in [9.17, 15) is 10.1 Å². The third-order valence-electron chi connectivity index (χ3n) is 1.60. The minimum absolute atomic E-state index is 0.192. The van der Waals surface area contributed by atoms with E-state index in [1.54, 1.807) is 0 Å². The zero-order chi connectivity index (χ0) is 9.42. The van der Waals surface area contributed by atoms with E-state index in [0.717, 1.165) is 10.7 Å². The van der Waals surface area contributed by atoms with Crippen LogP contribution in [0.5, 0.6) is 0 Å². The molecule has 7 heteroatoms. The van der Waals surface area contributed by atoms with E-state index >= 15 is 0 Å². The number of nitrogen functional groups attached to an aromatic ring is 1. The Morgan fingerprint density at radius 1 is 1.62 bits per heavy atom. The van der Waals surface area contributed by atoms with Crippen molar-refractivity contribution in [3.8, 4) is 0 Å². The minimum atomic E-state index is -0.563. The standard InChI is InChI=1S/C6H5N5O2/c7-4-1-2-9-10-5(11(12)13)3-8-6(4)10/h1-3H,7H2. The van der Waals surface area contributed by atoms with Gasteiger partial charge in [-0.1, -0.05) is 9.61 Å². The van der Waals surface area contributed by atoms with E-state index < -0.39 is 4.92 Å². The van der Waals surface area contributed by atoms with Crippen LogP contribution in [0.2, 0.25) is 0 Å². The van der Waals surface area contributed by atoms with Gasteiger partial charge < -0.3 is 15.8 Å². The molecule has 13 heavy (non-hydrogen) atoms. The molecule has 0 aliphatic carbocycles. The second-order valence-corrected chi connectivity index (χ2v) is 2.40. The highest BCUT2D eigenvalue weighted by Gasteiger charge is 2.16. The van der Waals surface area contributed by atoms with E-state index in [-0.39, 0.29) is 5.82 Å². The van der Waals surface area contributed by atoms with Crippen LogP contribution < -0.4 is 5.73 Å². The van der Waals surface area contributed by atoms with E-state index in [0.29, 0.717) is 11.3 Å². The quantitative estimate of drug-likeness (QED) is 0.498. The Bertz CT molecular complexity index is 477. The summed E-state index contributed by atoms with van der Waals surface area (Å²) in [4.78, 5) is 13.7. The van der Waals surface area contributed by atoms with Crippen LogP contribution in [0.3, 0.4) is 0 Å². The van der Waals surface area contributed by atoms with Crippen LogP contribution in [0, 0.1) is 10.1 Å². The predicted molar refractivity (Wildman–Crippen MR) is 44.1 cm³/mol. The lowest BCUT2D eigenvalue weighted by Crippen LogP contribution is -1.99. The summed E-state index contributed by atoms with van der Waals surface area (Å²) in [7, 11) is 0. The maximum absolute atomic E-state index is 10.5. The number of hydrogen-bond acceptors (Lipinski definition) is 5. The second-order valence-electron chi connectivity index (χ2n) is 2.40. The van der Waals surface area contributed by atoms with Crippen molar-refractivity contribution in [1.29, 1.82) is 0 Å². The Kier molecular flexibility index (Phi) is 1.38. The van der Waals surface area contributed by atoms with Crippen molar-refractivity contribution in [3.05, 3.63) is 28.6 Å². The number of anilines is 1. The molecule has 0 aliphatic rings. The number of nitrogens with two attached hydrogens (primary N) is 1. The highest BCUT2D eigenvalue weighted by Crippen LogP contribution is 2.16. The number of hydrogen-bond donors (Lipinski definition) is 1. The molecule has 2 heterocycles. The molecule has 0 bridgehead atoms. The number of rotatable bonds is 1. The lowest BCUT2D eigenvalue weighted by Gasteiger charge is -1.92. The van der Waals surface area contributed by atoms with Gasteiger partial charge in [-0.3, -0.25) is 0 Å². The van der Waals surface area contributed by atoms with E-state index in [2.05, 4.69) is 10.1 Å². The molecule has 0 aromatic carbocycles. The molecule has 2 N–H and O–H groups in total. The first-order valence-electron chi connectivity index (χ1n) is 3.43. The SMILES string of the molecule is Nc1ccnn2c([N+](=O)[O-])cnc12. The molecule has 7 nitrogen and oxygen atoms in total. The fraction of sp³-hybridized carbons (Fsp3) is 0. The van der Waals surface area contributed by atoms with Gasteiger partial charge >= 0.3 is 5.82 Å². The fourth-order valence-corrected chi connectivity index (χ4v) is 1.03. The molecule has 0 fully saturated rings. The van der Waals surface area contributed by atoms with Gasteiger partial charge in [0.25, 0.3) is 5.65 Å². The van der Waals surface area contributed by atoms with Gasteiger partial charge in [0.15, 0.2) is 0 Å². The summed E-state index contributed by atoms with van der Waals surface area (Å²) in [6, 6.07) is 1.53. The number of nitrogens with zero attached hydrogens (tertiary/aromatic N) is 4. The van der Waals surface area contributed by atoms with Crippen molar-refractivity contribution in [1.82, 2.24) is 14.6 Å². The van der Waals surface area contributed by atoms with Crippen molar-refractivity contribution in [2.24, 2.45) is 0 Å². The maximum Gasteiger partial charge on any atom is 0.368 e. The molecular formula is C6H5N5O2. The third-order valence-corrected chi connectivity index (χ3v) is 1.60. The lowest BCUT2D eigenvalue weighted by molar-refractivity contribution is -0.391. The van der Waals surface area contributed by atoms with Gasteiger partial charge in [0.2, 0.25) is 0 Å². The molecule has 0 atom stereocenters. The largest absolute Gasteiger partial charge is 0.394 e. The van der Waals surface area contributed by atoms with E-state index in [1.807, 2.05) is 0 Å². The molecular weight excluding hydrogens is 174 g/mol. The zero-order valence-corrected chi connectivity index (χ0v) is 6.41. The van der Waals surface area contributed by atoms with Gasteiger partial charge in [0.1, 0.15) is 11.9 Å². The molecule has 0 unspecified atom stereocenters. The monoisotopic (exact) mass is 179 g/mol. The van der Waals surface area contributed by atoms with Crippen LogP contribution in [0.15, 0.2) is 18.5 Å². The van der Waals surface area contributed by atoms with Gasteiger partial charge in [-0.15, -0.1) is 0 Å². The normalized spacial score (nSPS) is 10.5. The Balaban J connectivity index is 2.83. The number of imidazole rings is 1. The summed E-state index contributed by atoms with van der Waals surface area (Å²) in [5, 5.41) is 14.2. The molecule has 0 saturated heterocycles. The van der Waals surface area contributed by atoms with Gasteiger partial charge in [-0.25, -0.2) is 4.98 Å². The van der Waals surface area contributed by atoms with Crippen molar-refractivity contribution >= 4 is 17.2 Å². The van der Waals surface area contributed by atoms with Crippen LogP contribution in [0.25, 0.3) is 5.65 Å². The predicted octanol–water partition coefficient (Wildman–Crippen LogP) is 0.220. The summed E-state index contributed by atoms with van der Waals surface area (Å²) in [6.45, 7) is 0. The van der Waals surface area contributed by atoms with Crippen LogP contribution >= 0.6 is 0 Å². The van der Waals surface area contributed by atoms with Crippen LogP contribution in [-0.4, -0.2) is 19.5 Å². The minimum Gasteiger partial charge on any atom is -0.394 e. The number of aromatic nitrogens is 3. The first-order valence-corrected chi connectivity index (χ1v) is 3.43. The third kappa shape index (κ3) is 0.975. The Labute approximate surface area is 72.0 Å². The van der Waals surface area contributed by atoms with Gasteiger partial charge in [0.05, 0.1) is 6.20 Å². The average molecular weight is 179 g/mol. The average Bonchev–Trinajstić information content (AvgIpc) is 2.48. The van der Waals surface area contributed by atoms with Crippen molar-refractivity contribution in [3.63, 3.8) is 0 Å². The summed E-state index contributed by atoms with van der Waals surface area (Å²) in [6.07, 6.45) is 2.51. The summed E-state index contributed by atoms with van der Waals surface area (Å²) < 4.78 is 1.09. The summed E-state index contributed by atoms with van der Waals surface area (Å²) in [5.74, 6) is -0.192. The Hall–Kier alpha value is -2.18. The number of nitro groups is 1. The lowest BCUT2D eigenvalue weighted by atomic mass is 10.5. The Morgan fingerprint density at radius 3 is 3.08 bits per heavy atom. The molecule has 0 spiro atoms. The molecule has 66 valence electrons. The molecule has 0 saturated carbocycles. The summed E-state index contributed by atoms with van der Waals surface area (Å²) in [5.41, 5.74) is 6.19. The smallest absolute Gasteiger partial charge is 0.368 e.